The van der Waals surface area contributed by atoms with E-state index in [9.17, 15) is 9.59 Å². The Bertz CT molecular complexity index is 1340. The number of nitrogens with one attached hydrogen (secondary N) is 2. The third-order valence-electron chi connectivity index (χ3n) is 6.60. The van der Waals surface area contributed by atoms with Gasteiger partial charge in [0, 0.05) is 47.0 Å². The van der Waals surface area contributed by atoms with Gasteiger partial charge in [0.15, 0.2) is 5.78 Å². The zero-order valence-electron chi connectivity index (χ0n) is 19.9. The number of carbonyl (C=O) groups is 2. The number of methoxy groups -OCH3 is 1. The van der Waals surface area contributed by atoms with Crippen molar-refractivity contribution in [3.63, 3.8) is 0 Å². The Morgan fingerprint density at radius 3 is 2.71 bits per heavy atom. The van der Waals surface area contributed by atoms with E-state index in [1.165, 1.54) is 0 Å². The first-order chi connectivity index (χ1) is 16.9. The molecule has 7 nitrogen and oxygen atoms in total. The minimum Gasteiger partial charge on any atom is -0.497 e. The highest BCUT2D eigenvalue weighted by Gasteiger charge is 2.41. The first-order valence-electron chi connectivity index (χ1n) is 11.6. The second kappa shape index (κ2) is 9.25. The molecule has 2 aromatic heterocycles. The van der Waals surface area contributed by atoms with Crippen molar-refractivity contribution < 1.29 is 18.7 Å². The summed E-state index contributed by atoms with van der Waals surface area (Å²) in [5, 5.41) is 6.29. The molecule has 1 amide bonds. The minimum absolute atomic E-state index is 0.000712. The van der Waals surface area contributed by atoms with Crippen molar-refractivity contribution in [3.05, 3.63) is 100 Å². The molecule has 0 radical (unpaired) electrons. The number of hydrogen-bond donors (Lipinski definition) is 2. The Morgan fingerprint density at radius 2 is 2.00 bits per heavy atom. The number of ether oxygens (including phenoxy) is 1. The number of rotatable bonds is 5. The summed E-state index contributed by atoms with van der Waals surface area (Å²) in [6.45, 7) is 3.81. The van der Waals surface area contributed by atoms with E-state index in [0.29, 0.717) is 41.3 Å². The number of carbonyl (C=O) groups excluding carboxylic acids is 2. The van der Waals surface area contributed by atoms with Crippen molar-refractivity contribution in [1.82, 2.24) is 10.3 Å². The summed E-state index contributed by atoms with van der Waals surface area (Å²) in [6.07, 6.45) is 4.28. The highest BCUT2D eigenvalue weighted by Crippen LogP contribution is 2.46. The highest BCUT2D eigenvalue weighted by molar-refractivity contribution is 6.09. The molecule has 1 aromatic carbocycles. The maximum Gasteiger partial charge on any atom is 0.255 e. The number of dihydropyridines is 1. The maximum atomic E-state index is 13.6. The van der Waals surface area contributed by atoms with Crippen molar-refractivity contribution in [3.8, 4) is 5.75 Å². The van der Waals surface area contributed by atoms with Crippen LogP contribution in [0.25, 0.3) is 0 Å². The molecule has 2 aliphatic rings. The lowest BCUT2D eigenvalue weighted by atomic mass is 9.72. The first kappa shape index (κ1) is 22.7. The topological polar surface area (TPSA) is 93.5 Å². The van der Waals surface area contributed by atoms with Gasteiger partial charge in [-0.3, -0.25) is 9.59 Å². The molecular formula is C28H27N3O4. The number of benzene rings is 1. The second-order valence-electron chi connectivity index (χ2n) is 8.98. The van der Waals surface area contributed by atoms with Crippen LogP contribution in [-0.4, -0.2) is 23.8 Å². The Hall–Kier alpha value is -4.13. The number of aryl methyl sites for hydroxylation is 1. The van der Waals surface area contributed by atoms with Crippen LogP contribution < -0.4 is 15.4 Å². The molecule has 3 aromatic rings. The minimum atomic E-state index is -0.531. The number of allylic oxidation sites excluding steroid dienone is 3. The number of pyridine rings is 1. The number of Topliss-reactive ketones (excluding diaryl/α,β-unsaturated/α-hetero) is 1. The van der Waals surface area contributed by atoms with Gasteiger partial charge in [0.05, 0.1) is 13.4 Å². The largest absolute Gasteiger partial charge is 0.497 e. The molecule has 178 valence electrons. The van der Waals surface area contributed by atoms with Gasteiger partial charge in [-0.1, -0.05) is 18.2 Å². The molecule has 0 spiro atoms. The van der Waals surface area contributed by atoms with Gasteiger partial charge in [-0.2, -0.15) is 0 Å². The standard InChI is InChI=1S/C28H27N3O4/c1-16-9-10-24(29-15-16)31-28(33)25-17(2)30-21-13-19(23-8-5-11-35-23)14-22(32)27(21)26(25)18-6-4-7-20(12-18)34-3/h4-12,15,19,26,30H,13-14H2,1-3H3,(H,29,31,33)/t19-,26+/m1/s1. The molecule has 0 saturated carbocycles. The molecule has 7 heteroatoms. The van der Waals surface area contributed by atoms with Crippen LogP contribution in [0.2, 0.25) is 0 Å². The number of anilines is 1. The molecule has 35 heavy (non-hydrogen) atoms. The van der Waals surface area contributed by atoms with Crippen LogP contribution in [0.15, 0.2) is 87.9 Å². The summed E-state index contributed by atoms with van der Waals surface area (Å²) in [5.41, 5.74) is 4.47. The number of nitrogens with zero attached hydrogens (tertiary/aromatic N) is 1. The number of hydrogen-bond acceptors (Lipinski definition) is 6. The summed E-state index contributed by atoms with van der Waals surface area (Å²) < 4.78 is 11.0. The van der Waals surface area contributed by atoms with Gasteiger partial charge in [0.1, 0.15) is 17.3 Å². The Labute approximate surface area is 203 Å². The van der Waals surface area contributed by atoms with Crippen molar-refractivity contribution in [2.45, 2.75) is 38.5 Å². The van der Waals surface area contributed by atoms with Crippen LogP contribution in [-0.2, 0) is 9.59 Å². The van der Waals surface area contributed by atoms with Crippen LogP contribution in [0, 0.1) is 6.92 Å². The van der Waals surface area contributed by atoms with Crippen LogP contribution >= 0.6 is 0 Å². The molecule has 2 N–H and O–H groups in total. The lowest BCUT2D eigenvalue weighted by Gasteiger charge is -2.36. The zero-order chi connectivity index (χ0) is 24.5. The molecule has 3 heterocycles. The summed E-state index contributed by atoms with van der Waals surface area (Å²) in [7, 11) is 1.60. The normalized spacial score (nSPS) is 19.8. The van der Waals surface area contributed by atoms with Gasteiger partial charge in [-0.05, 0) is 61.7 Å². The second-order valence-corrected chi connectivity index (χ2v) is 8.98. The smallest absolute Gasteiger partial charge is 0.255 e. The molecule has 1 aliphatic carbocycles. The van der Waals surface area contributed by atoms with Crippen LogP contribution in [0.1, 0.15) is 48.5 Å². The SMILES string of the molecule is COc1cccc([C@H]2C(C(=O)Nc3ccc(C)cn3)=C(C)NC3=C2C(=O)C[C@H](c2ccco2)C3)c1. The average molecular weight is 470 g/mol. The van der Waals surface area contributed by atoms with Gasteiger partial charge in [0.25, 0.3) is 5.91 Å². The predicted molar refractivity (Wildman–Crippen MR) is 132 cm³/mol. The lowest BCUT2D eigenvalue weighted by Crippen LogP contribution is -2.37. The summed E-state index contributed by atoms with van der Waals surface area (Å²) in [5.74, 6) is 1.04. The highest BCUT2D eigenvalue weighted by atomic mass is 16.5. The third-order valence-corrected chi connectivity index (χ3v) is 6.60. The molecule has 0 bridgehead atoms. The van der Waals surface area contributed by atoms with Crippen molar-refractivity contribution in [1.29, 1.82) is 0 Å². The van der Waals surface area contributed by atoms with E-state index in [1.807, 2.05) is 56.3 Å². The number of amides is 1. The fourth-order valence-corrected chi connectivity index (χ4v) is 4.94. The molecule has 5 rings (SSSR count). The Balaban J connectivity index is 1.57. The summed E-state index contributed by atoms with van der Waals surface area (Å²) >= 11 is 0. The van der Waals surface area contributed by atoms with Gasteiger partial charge < -0.3 is 19.8 Å². The molecule has 0 fully saturated rings. The Morgan fingerprint density at radius 1 is 1.14 bits per heavy atom. The summed E-state index contributed by atoms with van der Waals surface area (Å²) in [4.78, 5) is 31.5. The first-order valence-corrected chi connectivity index (χ1v) is 11.6. The quantitative estimate of drug-likeness (QED) is 0.547. The van der Waals surface area contributed by atoms with Crippen molar-refractivity contribution >= 4 is 17.5 Å². The van der Waals surface area contributed by atoms with E-state index in [1.54, 1.807) is 25.6 Å². The summed E-state index contributed by atoms with van der Waals surface area (Å²) in [6, 6.07) is 14.9. The van der Waals surface area contributed by atoms with E-state index in [2.05, 4.69) is 15.6 Å². The molecule has 0 saturated heterocycles. The molecule has 0 unspecified atom stereocenters. The fourth-order valence-electron chi connectivity index (χ4n) is 4.94. The zero-order valence-corrected chi connectivity index (χ0v) is 19.9. The van der Waals surface area contributed by atoms with Gasteiger partial charge in [-0.25, -0.2) is 4.98 Å². The fraction of sp³-hybridized carbons (Fsp3) is 0.250. The van der Waals surface area contributed by atoms with Crippen LogP contribution in [0.3, 0.4) is 0 Å². The molecular weight excluding hydrogens is 442 g/mol. The van der Waals surface area contributed by atoms with E-state index in [0.717, 1.165) is 22.6 Å². The van der Waals surface area contributed by atoms with Gasteiger partial charge in [-0.15, -0.1) is 0 Å². The third kappa shape index (κ3) is 4.37. The monoisotopic (exact) mass is 469 g/mol. The number of aromatic nitrogens is 1. The van der Waals surface area contributed by atoms with E-state index in [4.69, 9.17) is 9.15 Å². The number of furan rings is 1. The lowest BCUT2D eigenvalue weighted by molar-refractivity contribution is -0.116. The predicted octanol–water partition coefficient (Wildman–Crippen LogP) is 4.99. The maximum absolute atomic E-state index is 13.6. The Kier molecular flexibility index (Phi) is 5.99. The van der Waals surface area contributed by atoms with Gasteiger partial charge >= 0.3 is 0 Å². The van der Waals surface area contributed by atoms with E-state index in [-0.39, 0.29) is 17.6 Å². The van der Waals surface area contributed by atoms with Crippen LogP contribution in [0.4, 0.5) is 5.82 Å². The van der Waals surface area contributed by atoms with Crippen molar-refractivity contribution in [2.24, 2.45) is 0 Å². The average Bonchev–Trinajstić information content (AvgIpc) is 3.39. The van der Waals surface area contributed by atoms with Gasteiger partial charge in [0.2, 0.25) is 0 Å². The molecule has 1 aliphatic heterocycles. The van der Waals surface area contributed by atoms with E-state index < -0.39 is 5.92 Å². The molecule has 2 atom stereocenters. The van der Waals surface area contributed by atoms with Crippen LogP contribution in [0.5, 0.6) is 5.75 Å². The van der Waals surface area contributed by atoms with Crippen molar-refractivity contribution in [2.75, 3.05) is 12.4 Å². The van der Waals surface area contributed by atoms with E-state index >= 15 is 0 Å². The number of ketones is 1.